The van der Waals surface area contributed by atoms with Crippen molar-refractivity contribution in [2.75, 3.05) is 0 Å². The van der Waals surface area contributed by atoms with E-state index in [0.29, 0.717) is 28.0 Å². The van der Waals surface area contributed by atoms with E-state index in [1.807, 2.05) is 50.2 Å². The highest BCUT2D eigenvalue weighted by Crippen LogP contribution is 2.27. The number of carbonyl (C=O) groups excluding carboxylic acids is 2. The highest BCUT2D eigenvalue weighted by atomic mass is 79.9. The number of nitrogens with zero attached hydrogens (tertiary/aromatic N) is 1. The van der Waals surface area contributed by atoms with Gasteiger partial charge in [-0.05, 0) is 63.8 Å². The Morgan fingerprint density at radius 2 is 1.71 bits per heavy atom. The van der Waals surface area contributed by atoms with E-state index in [1.165, 1.54) is 6.21 Å². The van der Waals surface area contributed by atoms with Gasteiger partial charge in [0, 0.05) is 10.6 Å². The fraction of sp³-hybridized carbons (Fsp3) is 0.192. The van der Waals surface area contributed by atoms with E-state index < -0.39 is 17.9 Å². The second-order valence-corrected chi connectivity index (χ2v) is 9.65. The van der Waals surface area contributed by atoms with Crippen LogP contribution in [0, 0.1) is 5.92 Å². The normalized spacial score (nSPS) is 11.9. The molecule has 0 heterocycles. The zero-order valence-corrected chi connectivity index (χ0v) is 22.2. The van der Waals surface area contributed by atoms with Crippen molar-refractivity contribution in [1.82, 2.24) is 10.7 Å². The SMILES string of the molecule is CC(C)C(NC(=O)c1ccccc1Cl)C(=O)N/N=C/c1ccc(OCc2ccccc2Cl)c(Br)c1. The molecule has 3 aromatic rings. The molecule has 6 nitrogen and oxygen atoms in total. The van der Waals surface area contributed by atoms with Gasteiger partial charge in [0.05, 0.1) is 21.3 Å². The van der Waals surface area contributed by atoms with Gasteiger partial charge in [-0.3, -0.25) is 9.59 Å². The Morgan fingerprint density at radius 3 is 2.37 bits per heavy atom. The molecule has 2 amide bonds. The Hall–Kier alpha value is -2.87. The van der Waals surface area contributed by atoms with E-state index in [9.17, 15) is 9.59 Å². The van der Waals surface area contributed by atoms with E-state index in [0.717, 1.165) is 15.6 Å². The van der Waals surface area contributed by atoms with Crippen LogP contribution >= 0.6 is 39.1 Å². The predicted molar refractivity (Wildman–Crippen MR) is 143 cm³/mol. The fourth-order valence-corrected chi connectivity index (χ4v) is 4.05. The number of halogens is 3. The smallest absolute Gasteiger partial charge is 0.262 e. The molecule has 182 valence electrons. The van der Waals surface area contributed by atoms with Crippen LogP contribution < -0.4 is 15.5 Å². The van der Waals surface area contributed by atoms with Crippen molar-refractivity contribution >= 4 is 57.2 Å². The highest BCUT2D eigenvalue weighted by molar-refractivity contribution is 9.10. The standard InChI is InChI=1S/C26H24BrCl2N3O3/c1-16(2)24(31-25(33)19-8-4-6-10-22(19)29)26(34)32-30-14-17-11-12-23(20(27)13-17)35-15-18-7-3-5-9-21(18)28/h3-14,16,24H,15H2,1-2H3,(H,31,33)(H,32,34)/b30-14+. The molecule has 1 atom stereocenters. The Labute approximate surface area is 222 Å². The van der Waals surface area contributed by atoms with Gasteiger partial charge in [-0.1, -0.05) is 67.4 Å². The van der Waals surface area contributed by atoms with Crippen LogP contribution in [0.4, 0.5) is 0 Å². The van der Waals surface area contributed by atoms with Crippen LogP contribution in [0.25, 0.3) is 0 Å². The number of hydrogen-bond acceptors (Lipinski definition) is 4. The molecule has 0 saturated heterocycles. The van der Waals surface area contributed by atoms with Crippen LogP contribution in [0.5, 0.6) is 5.75 Å². The lowest BCUT2D eigenvalue weighted by molar-refractivity contribution is -0.123. The molecule has 35 heavy (non-hydrogen) atoms. The van der Waals surface area contributed by atoms with Gasteiger partial charge in [0.1, 0.15) is 18.4 Å². The van der Waals surface area contributed by atoms with E-state index in [-0.39, 0.29) is 5.92 Å². The summed E-state index contributed by atoms with van der Waals surface area (Å²) in [7, 11) is 0. The van der Waals surface area contributed by atoms with Crippen molar-refractivity contribution in [1.29, 1.82) is 0 Å². The second kappa shape index (κ2) is 12.7. The summed E-state index contributed by atoms with van der Waals surface area (Å²) >= 11 is 15.8. The van der Waals surface area contributed by atoms with E-state index in [1.54, 1.807) is 30.3 Å². The minimum atomic E-state index is -0.789. The summed E-state index contributed by atoms with van der Waals surface area (Å²) in [4.78, 5) is 25.3. The summed E-state index contributed by atoms with van der Waals surface area (Å²) in [5.74, 6) is -0.381. The van der Waals surface area contributed by atoms with Crippen LogP contribution in [-0.2, 0) is 11.4 Å². The largest absolute Gasteiger partial charge is 0.488 e. The number of hydrogen-bond donors (Lipinski definition) is 2. The molecule has 0 aliphatic rings. The van der Waals surface area contributed by atoms with E-state index in [4.69, 9.17) is 27.9 Å². The second-order valence-electron chi connectivity index (χ2n) is 7.98. The molecule has 0 spiro atoms. The molecule has 3 aromatic carbocycles. The molecule has 0 bridgehead atoms. The van der Waals surface area contributed by atoms with E-state index in [2.05, 4.69) is 31.8 Å². The Bertz CT molecular complexity index is 1230. The zero-order valence-electron chi connectivity index (χ0n) is 19.1. The molecule has 0 radical (unpaired) electrons. The monoisotopic (exact) mass is 575 g/mol. The first-order chi connectivity index (χ1) is 16.8. The molecule has 1 unspecified atom stereocenters. The van der Waals surface area contributed by atoms with Gasteiger partial charge in [0.2, 0.25) is 0 Å². The van der Waals surface area contributed by atoms with Gasteiger partial charge in [-0.25, -0.2) is 5.43 Å². The molecule has 0 aliphatic heterocycles. The van der Waals surface area contributed by atoms with Crippen molar-refractivity contribution in [3.05, 3.63) is 97.9 Å². The lowest BCUT2D eigenvalue weighted by atomic mass is 10.0. The topological polar surface area (TPSA) is 79.8 Å². The van der Waals surface area contributed by atoms with Crippen molar-refractivity contribution in [3.8, 4) is 5.75 Å². The summed E-state index contributed by atoms with van der Waals surface area (Å²) in [5.41, 5.74) is 4.42. The predicted octanol–water partition coefficient (Wildman–Crippen LogP) is 6.24. The lowest BCUT2D eigenvalue weighted by Crippen LogP contribution is -2.48. The van der Waals surface area contributed by atoms with Crippen LogP contribution in [0.15, 0.2) is 76.3 Å². The molecular weight excluding hydrogens is 553 g/mol. The molecular formula is C26H24BrCl2N3O3. The molecule has 0 fully saturated rings. The van der Waals surface area contributed by atoms with Crippen LogP contribution in [0.2, 0.25) is 10.0 Å². The van der Waals surface area contributed by atoms with Crippen molar-refractivity contribution in [2.24, 2.45) is 11.0 Å². The summed E-state index contributed by atoms with van der Waals surface area (Å²) in [6, 6.07) is 18.8. The van der Waals surface area contributed by atoms with Crippen molar-refractivity contribution in [2.45, 2.75) is 26.5 Å². The van der Waals surface area contributed by atoms with E-state index >= 15 is 0 Å². The number of hydrazone groups is 1. The first-order valence-electron chi connectivity index (χ1n) is 10.8. The van der Waals surface area contributed by atoms with Gasteiger partial charge >= 0.3 is 0 Å². The zero-order chi connectivity index (χ0) is 25.4. The van der Waals surface area contributed by atoms with Gasteiger partial charge < -0.3 is 10.1 Å². The van der Waals surface area contributed by atoms with Gasteiger partial charge in [0.15, 0.2) is 0 Å². The molecule has 9 heteroatoms. The number of amides is 2. The van der Waals surface area contributed by atoms with Crippen LogP contribution in [0.3, 0.4) is 0 Å². The maximum Gasteiger partial charge on any atom is 0.262 e. The number of nitrogens with one attached hydrogen (secondary N) is 2. The number of carbonyl (C=O) groups is 2. The summed E-state index contributed by atoms with van der Waals surface area (Å²) in [5, 5.41) is 7.72. The first-order valence-corrected chi connectivity index (χ1v) is 12.3. The third kappa shape index (κ3) is 7.56. The summed E-state index contributed by atoms with van der Waals surface area (Å²) < 4.78 is 6.57. The minimum Gasteiger partial charge on any atom is -0.488 e. The van der Waals surface area contributed by atoms with Crippen LogP contribution in [-0.4, -0.2) is 24.1 Å². The number of rotatable bonds is 9. The van der Waals surface area contributed by atoms with Gasteiger partial charge in [-0.15, -0.1) is 0 Å². The lowest BCUT2D eigenvalue weighted by Gasteiger charge is -2.20. The van der Waals surface area contributed by atoms with Crippen LogP contribution in [0.1, 0.15) is 35.3 Å². The fourth-order valence-electron chi connectivity index (χ4n) is 3.12. The van der Waals surface area contributed by atoms with Crippen molar-refractivity contribution < 1.29 is 14.3 Å². The average Bonchev–Trinajstić information content (AvgIpc) is 2.82. The maximum atomic E-state index is 12.7. The third-order valence-electron chi connectivity index (χ3n) is 5.04. The third-order valence-corrected chi connectivity index (χ3v) is 6.36. The molecule has 0 saturated carbocycles. The molecule has 2 N–H and O–H groups in total. The average molecular weight is 577 g/mol. The van der Waals surface area contributed by atoms with Crippen molar-refractivity contribution in [3.63, 3.8) is 0 Å². The highest BCUT2D eigenvalue weighted by Gasteiger charge is 2.25. The Morgan fingerprint density at radius 1 is 1.03 bits per heavy atom. The molecule has 0 aliphatic carbocycles. The van der Waals surface area contributed by atoms with Gasteiger partial charge in [-0.2, -0.15) is 5.10 Å². The summed E-state index contributed by atoms with van der Waals surface area (Å²) in [6.07, 6.45) is 1.51. The molecule has 3 rings (SSSR count). The first kappa shape index (κ1) is 26.7. The maximum absolute atomic E-state index is 12.7. The Balaban J connectivity index is 1.59. The quantitative estimate of drug-likeness (QED) is 0.234. The minimum absolute atomic E-state index is 0.166. The van der Waals surface area contributed by atoms with Gasteiger partial charge in [0.25, 0.3) is 11.8 Å². The Kier molecular flexibility index (Phi) is 9.72. The molecule has 0 aromatic heterocycles. The number of ether oxygens (including phenoxy) is 1. The summed E-state index contributed by atoms with van der Waals surface area (Å²) in [6.45, 7) is 4.00. The number of benzene rings is 3.